The summed E-state index contributed by atoms with van der Waals surface area (Å²) in [7, 11) is -4.61. The molecule has 0 aliphatic heterocycles. The molecule has 0 amide bonds. The Kier molecular flexibility index (Phi) is 24.5. The van der Waals surface area contributed by atoms with Crippen molar-refractivity contribution < 1.29 is 73.0 Å². The van der Waals surface area contributed by atoms with E-state index in [1.807, 2.05) is 0 Å². The largest absolute Gasteiger partial charge is 1.00 e. The molecule has 0 bridgehead atoms. The van der Waals surface area contributed by atoms with Crippen molar-refractivity contribution in [1.82, 2.24) is 0 Å². The van der Waals surface area contributed by atoms with Crippen LogP contribution in [0.4, 0.5) is 0 Å². The molecule has 0 fully saturated rings. The second-order valence-corrected chi connectivity index (χ2v) is 1.80. The SMILES string of the molecule is O[Si](O)(O)O.[H-].[Li+].[Mn].[Ni]. The van der Waals surface area contributed by atoms with Gasteiger partial charge in [0.2, 0.25) is 0 Å². The molecule has 4 nitrogen and oxygen atoms in total. The molecule has 0 aliphatic rings. The van der Waals surface area contributed by atoms with E-state index >= 15 is 0 Å². The van der Waals surface area contributed by atoms with Crippen LogP contribution in [0.1, 0.15) is 1.43 Å². The van der Waals surface area contributed by atoms with Gasteiger partial charge in [-0.05, 0) is 0 Å². The molecule has 51 valence electrons. The van der Waals surface area contributed by atoms with E-state index in [2.05, 4.69) is 0 Å². The van der Waals surface area contributed by atoms with E-state index in [1.165, 1.54) is 0 Å². The third-order valence-electron chi connectivity index (χ3n) is 0. The van der Waals surface area contributed by atoms with Gasteiger partial charge in [0, 0.05) is 33.6 Å². The van der Waals surface area contributed by atoms with Crippen LogP contribution >= 0.6 is 0 Å². The Morgan fingerprint density at radius 2 is 1.00 bits per heavy atom. The minimum absolute atomic E-state index is 0. The molecule has 1 radical (unpaired) electrons. The van der Waals surface area contributed by atoms with Gasteiger partial charge in [0.15, 0.2) is 0 Å². The van der Waals surface area contributed by atoms with Gasteiger partial charge in [0.25, 0.3) is 0 Å². The Morgan fingerprint density at radius 3 is 1.00 bits per heavy atom. The van der Waals surface area contributed by atoms with Crippen LogP contribution < -0.4 is 18.9 Å². The first-order chi connectivity index (χ1) is 2.00. The average Bonchev–Trinajstić information content (AvgIpc) is 0.722. The standard InChI is InChI=1S/Li.Mn.Ni.H4O4Si.H/c;;;1-5(2,3)4;/h;;;1-4H;/q+1;;;;-1. The van der Waals surface area contributed by atoms with Crippen molar-refractivity contribution in [3.63, 3.8) is 0 Å². The Morgan fingerprint density at radius 1 is 1.00 bits per heavy atom. The molecule has 0 rings (SSSR count). The molecule has 0 heterocycles. The molecule has 0 unspecified atom stereocenters. The van der Waals surface area contributed by atoms with Crippen molar-refractivity contribution in [2.75, 3.05) is 0 Å². The minimum atomic E-state index is -4.61. The summed E-state index contributed by atoms with van der Waals surface area (Å²) < 4.78 is 0. The first-order valence-electron chi connectivity index (χ1n) is 0.894. The van der Waals surface area contributed by atoms with Gasteiger partial charge in [-0.3, -0.25) is 0 Å². The van der Waals surface area contributed by atoms with Crippen molar-refractivity contribution in [3.05, 3.63) is 0 Å². The van der Waals surface area contributed by atoms with Gasteiger partial charge in [0.1, 0.15) is 0 Å². The summed E-state index contributed by atoms with van der Waals surface area (Å²) in [4.78, 5) is 29.3. The summed E-state index contributed by atoms with van der Waals surface area (Å²) in [6, 6.07) is 0. The number of hydrogen-bond acceptors (Lipinski definition) is 4. The van der Waals surface area contributed by atoms with Crippen LogP contribution in [0.25, 0.3) is 0 Å². The predicted octanol–water partition coefficient (Wildman–Crippen LogP) is -5.50. The van der Waals surface area contributed by atoms with Crippen molar-refractivity contribution in [1.29, 1.82) is 0 Å². The van der Waals surface area contributed by atoms with Gasteiger partial charge in [-0.1, -0.05) is 0 Å². The van der Waals surface area contributed by atoms with E-state index in [-0.39, 0.29) is 53.8 Å². The third-order valence-corrected chi connectivity index (χ3v) is 0. The summed E-state index contributed by atoms with van der Waals surface area (Å²) in [6.07, 6.45) is 0. The summed E-state index contributed by atoms with van der Waals surface area (Å²) in [5.74, 6) is 0. The molecule has 8 heteroatoms. The van der Waals surface area contributed by atoms with Gasteiger partial charge < -0.3 is 20.6 Å². The molecule has 0 aromatic carbocycles. The van der Waals surface area contributed by atoms with Gasteiger partial charge in [-0.25, -0.2) is 0 Å². The molecule has 8 heavy (non-hydrogen) atoms. The normalized spacial score (nSPS) is 7.50. The molecule has 0 saturated carbocycles. The van der Waals surface area contributed by atoms with Gasteiger partial charge in [-0.15, -0.1) is 0 Å². The Labute approximate surface area is 81.9 Å². The smallest absolute Gasteiger partial charge is 1.00 e. The van der Waals surface area contributed by atoms with Crippen LogP contribution in [-0.4, -0.2) is 28.2 Å². The second kappa shape index (κ2) is 8.67. The summed E-state index contributed by atoms with van der Waals surface area (Å²) in [6.45, 7) is 0. The molecule has 0 spiro atoms. The van der Waals surface area contributed by atoms with Crippen LogP contribution in [0.15, 0.2) is 0 Å². The van der Waals surface area contributed by atoms with Crippen LogP contribution in [0, 0.1) is 0 Å². The first-order valence-corrected chi connectivity index (χ1v) is 2.68. The third kappa shape index (κ3) is 123. The Bertz CT molecular complexity index is 36.0. The molecule has 0 aromatic heterocycles. The maximum atomic E-state index is 7.33. The second-order valence-electron chi connectivity index (χ2n) is 0.600. The van der Waals surface area contributed by atoms with Crippen molar-refractivity contribution >= 4 is 9.05 Å². The van der Waals surface area contributed by atoms with Gasteiger partial charge in [0.05, 0.1) is 0 Å². The molecule has 0 atom stereocenters. The average molecular weight is 218 g/mol. The van der Waals surface area contributed by atoms with Crippen molar-refractivity contribution in [3.8, 4) is 0 Å². The van der Waals surface area contributed by atoms with Crippen LogP contribution in [0.3, 0.4) is 0 Å². The van der Waals surface area contributed by atoms with Gasteiger partial charge >= 0.3 is 27.9 Å². The van der Waals surface area contributed by atoms with E-state index in [0.717, 1.165) is 0 Å². The number of hydrogen-bond donors (Lipinski definition) is 4. The van der Waals surface area contributed by atoms with Crippen LogP contribution in [0.2, 0.25) is 0 Å². The Balaban J connectivity index is -0.0000000133. The molecule has 0 saturated heterocycles. The van der Waals surface area contributed by atoms with Crippen molar-refractivity contribution in [2.45, 2.75) is 0 Å². The quantitative estimate of drug-likeness (QED) is 0.305. The molecule has 4 N–H and O–H groups in total. The van der Waals surface area contributed by atoms with Crippen molar-refractivity contribution in [2.24, 2.45) is 0 Å². The first kappa shape index (κ1) is 22.6. The number of rotatable bonds is 0. The fraction of sp³-hybridized carbons (Fsp3) is 0. The fourth-order valence-electron chi connectivity index (χ4n) is 0. The Hall–Kier alpha value is 1.67. The zero-order valence-corrected chi connectivity index (χ0v) is 7.15. The van der Waals surface area contributed by atoms with E-state index in [1.54, 1.807) is 0 Å². The zero-order chi connectivity index (χ0) is 4.50. The molecular formula is H5LiMnNiO4Si. The molecular weight excluding hydrogens is 213 g/mol. The van der Waals surface area contributed by atoms with E-state index in [4.69, 9.17) is 19.2 Å². The van der Waals surface area contributed by atoms with Crippen LogP contribution in [-0.2, 0) is 33.6 Å². The summed E-state index contributed by atoms with van der Waals surface area (Å²) >= 11 is 0. The monoisotopic (exact) mass is 217 g/mol. The fourth-order valence-corrected chi connectivity index (χ4v) is 0. The van der Waals surface area contributed by atoms with E-state index in [9.17, 15) is 0 Å². The molecule has 0 aromatic rings. The topological polar surface area (TPSA) is 80.9 Å². The molecule has 0 aliphatic carbocycles. The van der Waals surface area contributed by atoms with Crippen LogP contribution in [0.5, 0.6) is 0 Å². The van der Waals surface area contributed by atoms with E-state index < -0.39 is 9.05 Å². The van der Waals surface area contributed by atoms with E-state index in [0.29, 0.717) is 0 Å². The maximum Gasteiger partial charge on any atom is 1.00 e. The minimum Gasteiger partial charge on any atom is -1.00 e. The predicted molar refractivity (Wildman–Crippen MR) is 15.7 cm³/mol. The van der Waals surface area contributed by atoms with Gasteiger partial charge in [-0.2, -0.15) is 0 Å². The zero-order valence-electron chi connectivity index (χ0n) is 4.98. The summed E-state index contributed by atoms with van der Waals surface area (Å²) in [5, 5.41) is 0. The summed E-state index contributed by atoms with van der Waals surface area (Å²) in [5.41, 5.74) is 0. The maximum absolute atomic E-state index is 7.33.